The third-order valence-electron chi connectivity index (χ3n) is 1.93. The van der Waals surface area contributed by atoms with Crippen LogP contribution in [0.5, 0.6) is 0 Å². The fourth-order valence-electron chi connectivity index (χ4n) is 1.000. The van der Waals surface area contributed by atoms with Crippen LogP contribution in [0.1, 0.15) is 24.4 Å². The highest BCUT2D eigenvalue weighted by atomic mass is 32.1. The molecule has 0 aliphatic carbocycles. The fourth-order valence-corrected chi connectivity index (χ4v) is 1.70. The Hall–Kier alpha value is -1.10. The number of guanidine groups is 1. The van der Waals surface area contributed by atoms with Gasteiger partial charge in [-0.2, -0.15) is 0 Å². The molecular formula is C10H18N4S. The summed E-state index contributed by atoms with van der Waals surface area (Å²) in [6.07, 6.45) is 0. The van der Waals surface area contributed by atoms with Crippen LogP contribution >= 0.6 is 11.3 Å². The number of nitrogens with two attached hydrogens (primary N) is 1. The Kier molecular flexibility index (Phi) is 4.55. The Morgan fingerprint density at radius 2 is 2.40 bits per heavy atom. The molecule has 0 saturated heterocycles. The molecule has 0 aliphatic heterocycles. The number of aromatic nitrogens is 1. The van der Waals surface area contributed by atoms with Crippen molar-refractivity contribution in [2.75, 3.05) is 6.54 Å². The minimum atomic E-state index is 0.511. The minimum Gasteiger partial charge on any atom is -0.370 e. The molecule has 15 heavy (non-hydrogen) atoms. The molecule has 1 rings (SSSR count). The molecule has 0 saturated carbocycles. The zero-order valence-corrected chi connectivity index (χ0v) is 10.3. The summed E-state index contributed by atoms with van der Waals surface area (Å²) in [5.74, 6) is 1.08. The summed E-state index contributed by atoms with van der Waals surface area (Å²) in [7, 11) is 0. The average molecular weight is 226 g/mol. The Morgan fingerprint density at radius 1 is 1.67 bits per heavy atom. The fraction of sp³-hybridized carbons (Fsp3) is 0.600. The van der Waals surface area contributed by atoms with E-state index in [0.29, 0.717) is 18.4 Å². The number of nitrogens with one attached hydrogen (secondary N) is 1. The van der Waals surface area contributed by atoms with Crippen molar-refractivity contribution < 1.29 is 0 Å². The monoisotopic (exact) mass is 226 g/mol. The number of rotatable bonds is 4. The molecule has 1 aromatic rings. The molecule has 1 heterocycles. The SMILES string of the molecule is Cc1ncsc1CN=C(N)NCC(C)C. The second-order valence-electron chi connectivity index (χ2n) is 3.84. The van der Waals surface area contributed by atoms with Crippen LogP contribution in [0.2, 0.25) is 0 Å². The van der Waals surface area contributed by atoms with Gasteiger partial charge in [0.05, 0.1) is 17.7 Å². The summed E-state index contributed by atoms with van der Waals surface area (Å²) < 4.78 is 0. The van der Waals surface area contributed by atoms with Crippen LogP contribution in [0, 0.1) is 12.8 Å². The third kappa shape index (κ3) is 4.29. The zero-order chi connectivity index (χ0) is 11.3. The molecule has 0 aromatic carbocycles. The van der Waals surface area contributed by atoms with E-state index in [4.69, 9.17) is 5.73 Å². The summed E-state index contributed by atoms with van der Waals surface area (Å²) in [5.41, 5.74) is 8.59. The lowest BCUT2D eigenvalue weighted by molar-refractivity contribution is 0.622. The minimum absolute atomic E-state index is 0.511. The molecular weight excluding hydrogens is 208 g/mol. The van der Waals surface area contributed by atoms with Crippen molar-refractivity contribution in [3.63, 3.8) is 0 Å². The maximum absolute atomic E-state index is 5.71. The van der Waals surface area contributed by atoms with E-state index < -0.39 is 0 Å². The first-order chi connectivity index (χ1) is 7.09. The van der Waals surface area contributed by atoms with Crippen LogP contribution in [0.25, 0.3) is 0 Å². The molecule has 0 atom stereocenters. The molecule has 0 radical (unpaired) electrons. The van der Waals surface area contributed by atoms with Gasteiger partial charge in [-0.25, -0.2) is 9.98 Å². The maximum Gasteiger partial charge on any atom is 0.188 e. The van der Waals surface area contributed by atoms with E-state index in [1.54, 1.807) is 11.3 Å². The normalized spacial score (nSPS) is 12.1. The largest absolute Gasteiger partial charge is 0.370 e. The summed E-state index contributed by atoms with van der Waals surface area (Å²) in [5, 5.41) is 3.08. The highest BCUT2D eigenvalue weighted by molar-refractivity contribution is 7.09. The number of hydrogen-bond acceptors (Lipinski definition) is 3. The van der Waals surface area contributed by atoms with E-state index in [2.05, 4.69) is 29.1 Å². The number of aryl methyl sites for hydroxylation is 1. The van der Waals surface area contributed by atoms with E-state index in [0.717, 1.165) is 12.2 Å². The van der Waals surface area contributed by atoms with Gasteiger partial charge in [0.2, 0.25) is 0 Å². The Labute approximate surface area is 94.6 Å². The van der Waals surface area contributed by atoms with Gasteiger partial charge in [0.15, 0.2) is 5.96 Å². The highest BCUT2D eigenvalue weighted by Crippen LogP contribution is 2.12. The first-order valence-corrected chi connectivity index (χ1v) is 5.90. The number of hydrogen-bond donors (Lipinski definition) is 2. The van der Waals surface area contributed by atoms with Gasteiger partial charge in [0, 0.05) is 11.4 Å². The molecule has 0 spiro atoms. The van der Waals surface area contributed by atoms with Crippen molar-refractivity contribution in [2.24, 2.45) is 16.6 Å². The molecule has 0 unspecified atom stereocenters. The lowest BCUT2D eigenvalue weighted by Crippen LogP contribution is -2.34. The van der Waals surface area contributed by atoms with Gasteiger partial charge in [0.25, 0.3) is 0 Å². The standard InChI is InChI=1S/C10H18N4S/c1-7(2)4-12-10(11)13-5-9-8(3)14-6-15-9/h6-7H,4-5H2,1-3H3,(H3,11,12,13). The molecule has 1 aromatic heterocycles. The first kappa shape index (κ1) is 12.0. The Balaban J connectivity index is 2.40. The quantitative estimate of drug-likeness (QED) is 0.604. The van der Waals surface area contributed by atoms with Crippen LogP contribution in [-0.4, -0.2) is 17.5 Å². The molecule has 0 bridgehead atoms. The number of thiazole rings is 1. The van der Waals surface area contributed by atoms with E-state index in [1.165, 1.54) is 4.88 Å². The Morgan fingerprint density at radius 3 is 2.93 bits per heavy atom. The predicted molar refractivity (Wildman–Crippen MR) is 65.0 cm³/mol. The van der Waals surface area contributed by atoms with Gasteiger partial charge in [-0.05, 0) is 12.8 Å². The van der Waals surface area contributed by atoms with Gasteiger partial charge in [0.1, 0.15) is 0 Å². The summed E-state index contributed by atoms with van der Waals surface area (Å²) in [6, 6.07) is 0. The number of aliphatic imine (C=N–C) groups is 1. The van der Waals surface area contributed by atoms with Crippen LogP contribution in [0.4, 0.5) is 0 Å². The molecule has 0 aliphatic rings. The van der Waals surface area contributed by atoms with E-state index in [1.807, 2.05) is 12.4 Å². The van der Waals surface area contributed by atoms with Crippen molar-refractivity contribution in [1.82, 2.24) is 10.3 Å². The van der Waals surface area contributed by atoms with E-state index >= 15 is 0 Å². The number of nitrogens with zero attached hydrogens (tertiary/aromatic N) is 2. The maximum atomic E-state index is 5.71. The summed E-state index contributed by atoms with van der Waals surface area (Å²) in [6.45, 7) is 7.73. The van der Waals surface area contributed by atoms with E-state index in [9.17, 15) is 0 Å². The van der Waals surface area contributed by atoms with Gasteiger partial charge in [-0.1, -0.05) is 13.8 Å². The van der Waals surface area contributed by atoms with Crippen molar-refractivity contribution >= 4 is 17.3 Å². The van der Waals surface area contributed by atoms with Crippen LogP contribution in [0.3, 0.4) is 0 Å². The molecule has 84 valence electrons. The van der Waals surface area contributed by atoms with Crippen LogP contribution in [0.15, 0.2) is 10.5 Å². The lowest BCUT2D eigenvalue weighted by atomic mass is 10.2. The van der Waals surface area contributed by atoms with E-state index in [-0.39, 0.29) is 0 Å². The van der Waals surface area contributed by atoms with Crippen LogP contribution < -0.4 is 11.1 Å². The van der Waals surface area contributed by atoms with Crippen molar-refractivity contribution in [3.8, 4) is 0 Å². The molecule has 0 fully saturated rings. The predicted octanol–water partition coefficient (Wildman–Crippen LogP) is 1.51. The molecule has 4 nitrogen and oxygen atoms in total. The smallest absolute Gasteiger partial charge is 0.188 e. The van der Waals surface area contributed by atoms with Crippen molar-refractivity contribution in [1.29, 1.82) is 0 Å². The highest BCUT2D eigenvalue weighted by Gasteiger charge is 2.00. The Bertz CT molecular complexity index is 330. The van der Waals surface area contributed by atoms with Crippen molar-refractivity contribution in [2.45, 2.75) is 27.3 Å². The summed E-state index contributed by atoms with van der Waals surface area (Å²) >= 11 is 1.61. The van der Waals surface area contributed by atoms with Gasteiger partial charge < -0.3 is 11.1 Å². The molecule has 3 N–H and O–H groups in total. The van der Waals surface area contributed by atoms with Gasteiger partial charge in [-0.15, -0.1) is 11.3 Å². The second-order valence-corrected chi connectivity index (χ2v) is 4.78. The first-order valence-electron chi connectivity index (χ1n) is 5.02. The average Bonchev–Trinajstić information content (AvgIpc) is 2.58. The lowest BCUT2D eigenvalue weighted by Gasteiger charge is -2.07. The zero-order valence-electron chi connectivity index (χ0n) is 9.45. The molecule has 0 amide bonds. The topological polar surface area (TPSA) is 63.3 Å². The van der Waals surface area contributed by atoms with Gasteiger partial charge >= 0.3 is 0 Å². The second kappa shape index (κ2) is 5.70. The molecule has 5 heteroatoms. The third-order valence-corrected chi connectivity index (χ3v) is 2.85. The summed E-state index contributed by atoms with van der Waals surface area (Å²) in [4.78, 5) is 9.58. The van der Waals surface area contributed by atoms with Gasteiger partial charge in [-0.3, -0.25) is 0 Å². The van der Waals surface area contributed by atoms with Crippen LogP contribution in [-0.2, 0) is 6.54 Å². The van der Waals surface area contributed by atoms with Crippen molar-refractivity contribution in [3.05, 3.63) is 16.1 Å².